The van der Waals surface area contributed by atoms with Gasteiger partial charge < -0.3 is 29.9 Å². The lowest BCUT2D eigenvalue weighted by Gasteiger charge is -2.39. The van der Waals surface area contributed by atoms with Crippen molar-refractivity contribution in [3.05, 3.63) is 59.1 Å². The van der Waals surface area contributed by atoms with Gasteiger partial charge in [-0.25, -0.2) is 0 Å². The Labute approximate surface area is 182 Å². The summed E-state index contributed by atoms with van der Waals surface area (Å²) in [6.45, 7) is 1.67. The largest absolute Gasteiger partial charge is 0.462 e. The Kier molecular flexibility index (Phi) is 6.66. The van der Waals surface area contributed by atoms with Gasteiger partial charge in [0.1, 0.15) is 41.4 Å². The van der Waals surface area contributed by atoms with E-state index in [1.807, 2.05) is 42.5 Å². The molecule has 1 aliphatic heterocycles. The molecule has 164 valence electrons. The van der Waals surface area contributed by atoms with Crippen LogP contribution in [0.4, 0.5) is 0 Å². The summed E-state index contributed by atoms with van der Waals surface area (Å²) < 4.78 is 12.3. The maximum absolute atomic E-state index is 10.1. The van der Waals surface area contributed by atoms with Crippen molar-refractivity contribution in [3.63, 3.8) is 0 Å². The SMILES string of the molecule is CC[s+]1c(C=Cc2ccc(O[C@@H]3O[C@H](CO)[C@H](O)[C@H](O)[C@H]3O)cc2)nc2ccccc21. The van der Waals surface area contributed by atoms with E-state index in [0.29, 0.717) is 5.75 Å². The van der Waals surface area contributed by atoms with E-state index in [1.165, 1.54) is 4.70 Å². The Bertz CT molecular complexity index is 1050. The van der Waals surface area contributed by atoms with Gasteiger partial charge in [0, 0.05) is 22.6 Å². The average Bonchev–Trinajstić information content (AvgIpc) is 3.16. The number of hydrogen-bond acceptors (Lipinski definition) is 7. The molecule has 6 atom stereocenters. The van der Waals surface area contributed by atoms with Crippen LogP contribution in [0.5, 0.6) is 5.75 Å². The molecule has 1 fully saturated rings. The third-order valence-electron chi connectivity index (χ3n) is 5.30. The first-order chi connectivity index (χ1) is 15.0. The fourth-order valence-corrected chi connectivity index (χ4v) is 5.47. The zero-order valence-corrected chi connectivity index (χ0v) is 17.9. The number of benzene rings is 2. The molecule has 8 heteroatoms. The van der Waals surface area contributed by atoms with Gasteiger partial charge in [-0.15, -0.1) is 0 Å². The van der Waals surface area contributed by atoms with Gasteiger partial charge in [-0.3, -0.25) is 0 Å². The van der Waals surface area contributed by atoms with Crippen LogP contribution in [0, 0.1) is 0 Å². The molecule has 31 heavy (non-hydrogen) atoms. The van der Waals surface area contributed by atoms with E-state index in [2.05, 4.69) is 13.0 Å². The second-order valence-electron chi connectivity index (χ2n) is 7.31. The molecule has 0 bridgehead atoms. The van der Waals surface area contributed by atoms with E-state index in [0.717, 1.165) is 21.8 Å². The molecular formula is C23H26NO6S+. The van der Waals surface area contributed by atoms with Gasteiger partial charge in [0.25, 0.3) is 5.01 Å². The number of para-hydroxylation sites is 1. The Morgan fingerprint density at radius 3 is 2.45 bits per heavy atom. The van der Waals surface area contributed by atoms with Crippen molar-refractivity contribution in [2.24, 2.45) is 0 Å². The van der Waals surface area contributed by atoms with Crippen molar-refractivity contribution in [3.8, 4) is 5.75 Å². The first kappa shape index (κ1) is 21.9. The normalized spacial score (nSPS) is 27.1. The maximum atomic E-state index is 10.1. The van der Waals surface area contributed by atoms with Crippen LogP contribution in [0.15, 0.2) is 48.5 Å². The van der Waals surface area contributed by atoms with Gasteiger partial charge >= 0.3 is 0 Å². The monoisotopic (exact) mass is 444 g/mol. The van der Waals surface area contributed by atoms with E-state index in [9.17, 15) is 20.4 Å². The lowest BCUT2D eigenvalue weighted by atomic mass is 9.99. The lowest BCUT2D eigenvalue weighted by Crippen LogP contribution is -2.60. The molecule has 4 N–H and O–H groups in total. The summed E-state index contributed by atoms with van der Waals surface area (Å²) >= 11 is 0. The number of aliphatic hydroxyl groups is 4. The fourth-order valence-electron chi connectivity index (χ4n) is 3.59. The van der Waals surface area contributed by atoms with Crippen LogP contribution in [0.3, 0.4) is 0 Å². The molecule has 4 rings (SSSR count). The smallest absolute Gasteiger partial charge is 0.267 e. The van der Waals surface area contributed by atoms with Gasteiger partial charge in [0.2, 0.25) is 11.0 Å². The minimum atomic E-state index is -1.47. The number of aromatic nitrogens is 1. The molecule has 2 aromatic carbocycles. The second kappa shape index (κ2) is 9.44. The minimum Gasteiger partial charge on any atom is -0.462 e. The topological polar surface area (TPSA) is 112 Å². The summed E-state index contributed by atoms with van der Waals surface area (Å²) in [5.74, 6) is 1.44. The van der Waals surface area contributed by atoms with Gasteiger partial charge in [-0.2, -0.15) is 4.98 Å². The number of aliphatic hydroxyl groups excluding tert-OH is 4. The average molecular weight is 445 g/mol. The van der Waals surface area contributed by atoms with Crippen LogP contribution < -0.4 is 4.74 Å². The Balaban J connectivity index is 1.46. The highest BCUT2D eigenvalue weighted by atomic mass is 32.2. The highest BCUT2D eigenvalue weighted by Gasteiger charge is 2.44. The van der Waals surface area contributed by atoms with Gasteiger partial charge in [-0.05, 0) is 36.8 Å². The van der Waals surface area contributed by atoms with Crippen molar-refractivity contribution in [2.45, 2.75) is 43.4 Å². The van der Waals surface area contributed by atoms with Crippen molar-refractivity contribution < 1.29 is 29.9 Å². The summed E-state index contributed by atoms with van der Waals surface area (Å²) in [5, 5.41) is 40.2. The van der Waals surface area contributed by atoms with Crippen molar-refractivity contribution in [1.82, 2.24) is 4.98 Å². The number of thiazole rings is 1. The van der Waals surface area contributed by atoms with Crippen LogP contribution in [0.1, 0.15) is 17.5 Å². The van der Waals surface area contributed by atoms with Gasteiger partial charge in [0.15, 0.2) is 0 Å². The molecule has 2 heterocycles. The highest BCUT2D eigenvalue weighted by Crippen LogP contribution is 2.35. The van der Waals surface area contributed by atoms with Crippen LogP contribution in [-0.4, -0.2) is 62.7 Å². The summed E-state index contributed by atoms with van der Waals surface area (Å²) in [5.41, 5.74) is 2.00. The molecule has 1 unspecified atom stereocenters. The van der Waals surface area contributed by atoms with Crippen molar-refractivity contribution in [1.29, 1.82) is 0 Å². The molecule has 3 aromatic rings. The van der Waals surface area contributed by atoms with Crippen LogP contribution in [-0.2, 0) is 10.5 Å². The van der Waals surface area contributed by atoms with E-state index in [-0.39, 0.29) is 10.5 Å². The molecule has 1 saturated heterocycles. The maximum Gasteiger partial charge on any atom is 0.267 e. The number of nitrogens with zero attached hydrogens (tertiary/aromatic N) is 1. The molecule has 0 saturated carbocycles. The molecule has 0 amide bonds. The number of rotatable bonds is 6. The number of hydrogen-bond donors (Lipinski definition) is 4. The first-order valence-corrected chi connectivity index (χ1v) is 11.5. The molecule has 1 aliphatic rings. The van der Waals surface area contributed by atoms with Gasteiger partial charge in [0.05, 0.1) is 6.61 Å². The summed E-state index contributed by atoms with van der Waals surface area (Å²) in [6.07, 6.45) is -2.49. The molecule has 1 aromatic heterocycles. The third kappa shape index (κ3) is 4.50. The summed E-state index contributed by atoms with van der Waals surface area (Å²) in [4.78, 5) is 4.76. The molecule has 0 aliphatic carbocycles. The Hall–Kier alpha value is -2.33. The van der Waals surface area contributed by atoms with Crippen LogP contribution >= 0.6 is 10.5 Å². The fraction of sp³-hybridized carbons (Fsp3) is 0.348. The number of aryl methyl sites for hydroxylation is 1. The van der Waals surface area contributed by atoms with Crippen LogP contribution in [0.25, 0.3) is 22.4 Å². The highest BCUT2D eigenvalue weighted by molar-refractivity contribution is 7.37. The quantitative estimate of drug-likeness (QED) is 0.432. The molecule has 0 spiro atoms. The van der Waals surface area contributed by atoms with Crippen LogP contribution in [0.2, 0.25) is 0 Å². The second-order valence-corrected chi connectivity index (χ2v) is 9.53. The predicted octanol–water partition coefficient (Wildman–Crippen LogP) is 2.35. The first-order valence-electron chi connectivity index (χ1n) is 10.2. The summed E-state index contributed by atoms with van der Waals surface area (Å²) in [7, 11) is -0.0153. The molecule has 7 nitrogen and oxygen atoms in total. The van der Waals surface area contributed by atoms with Gasteiger partial charge in [-0.1, -0.05) is 24.3 Å². The van der Waals surface area contributed by atoms with Crippen molar-refractivity contribution in [2.75, 3.05) is 6.61 Å². The van der Waals surface area contributed by atoms with E-state index in [1.54, 1.807) is 12.1 Å². The lowest BCUT2D eigenvalue weighted by molar-refractivity contribution is -0.277. The zero-order valence-electron chi connectivity index (χ0n) is 17.0. The van der Waals surface area contributed by atoms with E-state index in [4.69, 9.17) is 14.5 Å². The molecule has 0 radical (unpaired) electrons. The van der Waals surface area contributed by atoms with Crippen molar-refractivity contribution >= 4 is 32.8 Å². The minimum absolute atomic E-state index is 0.0153. The predicted molar refractivity (Wildman–Crippen MR) is 120 cm³/mol. The standard InChI is InChI=1S/C23H26NO6S/c1-2-31-18-6-4-3-5-16(18)24-19(31)12-9-14-7-10-15(11-8-14)29-23-22(28)21(27)20(26)17(13-25)30-23/h3-12,17,20-23,25-28H,2,13H2,1H3/q+1/t17-,20+,21+,22-,23-,31?/m1/s1. The number of fused-ring (bicyclic) bond motifs is 1. The molecular weight excluding hydrogens is 418 g/mol. The Morgan fingerprint density at radius 2 is 1.74 bits per heavy atom. The number of ether oxygens (including phenoxy) is 2. The summed E-state index contributed by atoms with van der Waals surface area (Å²) in [6, 6.07) is 15.4. The zero-order chi connectivity index (χ0) is 22.0. The third-order valence-corrected chi connectivity index (χ3v) is 7.49. The Morgan fingerprint density at radius 1 is 1.00 bits per heavy atom. The van der Waals surface area contributed by atoms with E-state index >= 15 is 0 Å². The van der Waals surface area contributed by atoms with E-state index < -0.39 is 37.3 Å².